The summed E-state index contributed by atoms with van der Waals surface area (Å²) in [7, 11) is -5.17. The van der Waals surface area contributed by atoms with E-state index in [1.807, 2.05) is 0 Å². The van der Waals surface area contributed by atoms with Gasteiger partial charge in [0.05, 0.1) is 0 Å². The van der Waals surface area contributed by atoms with Gasteiger partial charge in [0, 0.05) is 31.5 Å². The summed E-state index contributed by atoms with van der Waals surface area (Å²) in [4.78, 5) is 0. The average molecular weight is 329 g/mol. The van der Waals surface area contributed by atoms with E-state index in [4.69, 9.17) is 17.5 Å². The second-order valence-corrected chi connectivity index (χ2v) is 1.22. The van der Waals surface area contributed by atoms with Crippen LogP contribution in [0.5, 0.6) is 0 Å². The standard InChI is InChI=1S/Ba.Mo.H2O4S/c;;1-5(2,3)4/h;;(H2,1,2,3,4)/q+2;;/p-2. The second-order valence-electron chi connectivity index (χ2n) is 0.408. The average Bonchev–Trinajstić information content (AvgIpc) is 0.722. The molecule has 0 atom stereocenters. The molecule has 0 aromatic heterocycles. The summed E-state index contributed by atoms with van der Waals surface area (Å²) >= 11 is 0. The Hall–Kier alpha value is 2.13. The molecule has 7 heteroatoms. The van der Waals surface area contributed by atoms with Crippen molar-refractivity contribution in [2.24, 2.45) is 0 Å². The van der Waals surface area contributed by atoms with E-state index in [-0.39, 0.29) is 69.9 Å². The van der Waals surface area contributed by atoms with E-state index in [1.54, 1.807) is 0 Å². The van der Waals surface area contributed by atoms with Crippen LogP contribution in [0, 0.1) is 0 Å². The first-order chi connectivity index (χ1) is 2.00. The maximum Gasteiger partial charge on any atom is 2.00 e. The smallest absolute Gasteiger partial charge is 0.759 e. The van der Waals surface area contributed by atoms with Crippen molar-refractivity contribution in [2.45, 2.75) is 0 Å². The van der Waals surface area contributed by atoms with E-state index in [0.717, 1.165) is 0 Å². The summed E-state index contributed by atoms with van der Waals surface area (Å²) in [6.07, 6.45) is 0. The van der Waals surface area contributed by atoms with Gasteiger partial charge in [0.2, 0.25) is 0 Å². The zero-order chi connectivity index (χ0) is 4.50. The van der Waals surface area contributed by atoms with Gasteiger partial charge in [-0.15, -0.1) is 0 Å². The Labute approximate surface area is 96.0 Å². The molecule has 0 bridgehead atoms. The van der Waals surface area contributed by atoms with Crippen LogP contribution in [0.25, 0.3) is 0 Å². The fourth-order valence-electron chi connectivity index (χ4n) is 0. The van der Waals surface area contributed by atoms with Gasteiger partial charge in [-0.1, -0.05) is 0 Å². The fraction of sp³-hybridized carbons (Fsp3) is 0. The molecule has 0 aliphatic carbocycles. The second kappa shape index (κ2) is 6.25. The molecule has 0 aliphatic heterocycles. The predicted molar refractivity (Wildman–Crippen MR) is 16.2 cm³/mol. The van der Waals surface area contributed by atoms with Gasteiger partial charge >= 0.3 is 48.9 Å². The minimum absolute atomic E-state index is 0. The predicted octanol–water partition coefficient (Wildman–Crippen LogP) is -1.72. The summed E-state index contributed by atoms with van der Waals surface area (Å²) in [5.74, 6) is 0. The summed E-state index contributed by atoms with van der Waals surface area (Å²) < 4.78 is 34.1. The van der Waals surface area contributed by atoms with Crippen LogP contribution >= 0.6 is 0 Å². The minimum Gasteiger partial charge on any atom is -0.759 e. The Balaban J connectivity index is -0.0000000800. The molecule has 0 aromatic rings. The van der Waals surface area contributed by atoms with Gasteiger partial charge in [0.25, 0.3) is 0 Å². The van der Waals surface area contributed by atoms with Crippen molar-refractivity contribution < 1.29 is 38.6 Å². The Morgan fingerprint density at radius 2 is 1.14 bits per heavy atom. The third-order valence-electron chi connectivity index (χ3n) is 0. The van der Waals surface area contributed by atoms with Crippen molar-refractivity contribution in [3.05, 3.63) is 0 Å². The third kappa shape index (κ3) is 67.3. The molecule has 0 rings (SSSR count). The maximum absolute atomic E-state index is 8.52. The molecule has 4 nitrogen and oxygen atoms in total. The molecular weight excluding hydrogens is 329 g/mol. The molecule has 7 heavy (non-hydrogen) atoms. The van der Waals surface area contributed by atoms with Gasteiger partial charge in [0.15, 0.2) is 0 Å². The van der Waals surface area contributed by atoms with Gasteiger partial charge < -0.3 is 9.11 Å². The normalized spacial score (nSPS) is 8.29. The topological polar surface area (TPSA) is 80.3 Å². The Kier molecular flexibility index (Phi) is 14.3. The number of hydrogen-bond acceptors (Lipinski definition) is 4. The molecule has 0 aliphatic rings. The molecule has 0 amide bonds. The van der Waals surface area contributed by atoms with E-state index < -0.39 is 10.4 Å². The van der Waals surface area contributed by atoms with E-state index in [9.17, 15) is 0 Å². The first kappa shape index (κ1) is 16.1. The molecule has 38 valence electrons. The van der Waals surface area contributed by atoms with E-state index >= 15 is 0 Å². The van der Waals surface area contributed by atoms with Crippen molar-refractivity contribution in [1.29, 1.82) is 0 Å². The van der Waals surface area contributed by atoms with Gasteiger partial charge in [0.1, 0.15) is 0 Å². The molecule has 0 radical (unpaired) electrons. The molecule has 0 unspecified atom stereocenters. The van der Waals surface area contributed by atoms with Gasteiger partial charge in [-0.25, -0.2) is 0 Å². The fourth-order valence-corrected chi connectivity index (χ4v) is 0. The van der Waals surface area contributed by atoms with Crippen LogP contribution in [0.3, 0.4) is 0 Å². The van der Waals surface area contributed by atoms with Gasteiger partial charge in [-0.05, 0) is 0 Å². The van der Waals surface area contributed by atoms with E-state index in [0.29, 0.717) is 0 Å². The van der Waals surface area contributed by atoms with Crippen molar-refractivity contribution in [1.82, 2.24) is 0 Å². The van der Waals surface area contributed by atoms with Crippen LogP contribution < -0.4 is 0 Å². The first-order valence-electron chi connectivity index (χ1n) is 0.667. The number of hydrogen-bond donors (Lipinski definition) is 0. The van der Waals surface area contributed by atoms with Crippen molar-refractivity contribution in [3.8, 4) is 0 Å². The minimum atomic E-state index is -5.17. The summed E-state index contributed by atoms with van der Waals surface area (Å²) in [6, 6.07) is 0. The molecule has 0 heterocycles. The SMILES string of the molecule is O=S(=O)([O-])[O-].[Ba+2].[Mo]. The molecule has 0 saturated carbocycles. The molecule has 0 N–H and O–H groups in total. The molecule has 0 saturated heterocycles. The van der Waals surface area contributed by atoms with Crippen LogP contribution in [0.1, 0.15) is 0 Å². The van der Waals surface area contributed by atoms with Crippen LogP contribution in [-0.2, 0) is 31.5 Å². The molecule has 0 spiro atoms. The van der Waals surface area contributed by atoms with Crippen molar-refractivity contribution >= 4 is 59.3 Å². The number of rotatable bonds is 0. The van der Waals surface area contributed by atoms with Crippen LogP contribution in [-0.4, -0.2) is 66.4 Å². The molecule has 0 aromatic carbocycles. The Morgan fingerprint density at radius 3 is 1.14 bits per heavy atom. The monoisotopic (exact) mass is 332 g/mol. The van der Waals surface area contributed by atoms with Gasteiger partial charge in [-0.2, -0.15) is 0 Å². The zero-order valence-electron chi connectivity index (χ0n) is 3.16. The van der Waals surface area contributed by atoms with E-state index in [2.05, 4.69) is 0 Å². The van der Waals surface area contributed by atoms with Crippen molar-refractivity contribution in [3.63, 3.8) is 0 Å². The maximum atomic E-state index is 8.52. The summed E-state index contributed by atoms with van der Waals surface area (Å²) in [5.41, 5.74) is 0. The zero-order valence-corrected chi connectivity index (χ0v) is 10.4. The van der Waals surface area contributed by atoms with E-state index in [1.165, 1.54) is 0 Å². The molecular formula is BaMoO4S. The Bertz CT molecular complexity index is 94.9. The molecule has 0 fully saturated rings. The first-order valence-corrected chi connectivity index (χ1v) is 2.00. The van der Waals surface area contributed by atoms with Gasteiger partial charge in [-0.3, -0.25) is 8.42 Å². The van der Waals surface area contributed by atoms with Crippen LogP contribution in [0.4, 0.5) is 0 Å². The largest absolute Gasteiger partial charge is 2.00 e. The van der Waals surface area contributed by atoms with Crippen LogP contribution in [0.15, 0.2) is 0 Å². The summed E-state index contributed by atoms with van der Waals surface area (Å²) in [5, 5.41) is 0. The summed E-state index contributed by atoms with van der Waals surface area (Å²) in [6.45, 7) is 0. The Morgan fingerprint density at radius 1 is 1.14 bits per heavy atom. The van der Waals surface area contributed by atoms with Crippen LogP contribution in [0.2, 0.25) is 0 Å². The third-order valence-corrected chi connectivity index (χ3v) is 0. The van der Waals surface area contributed by atoms with Crippen molar-refractivity contribution in [2.75, 3.05) is 0 Å². The quantitative estimate of drug-likeness (QED) is 0.301.